The summed E-state index contributed by atoms with van der Waals surface area (Å²) >= 11 is 6.19. The Hall–Kier alpha value is -1.69. The van der Waals surface area contributed by atoms with Crippen molar-refractivity contribution in [2.45, 2.75) is 32.2 Å². The highest BCUT2D eigenvalue weighted by Crippen LogP contribution is 2.30. The standard InChI is InChI=1S/C13H17ClN6/c1-2-19-9-17-18-12(19)10-4-3-5-20(7-10)13-11(14)6-15-8-16-13/h6,8-10H,2-5,7H2,1H3. The minimum Gasteiger partial charge on any atom is -0.355 e. The van der Waals surface area contributed by atoms with E-state index in [1.165, 1.54) is 0 Å². The van der Waals surface area contributed by atoms with Crippen LogP contribution in [0.25, 0.3) is 0 Å². The summed E-state index contributed by atoms with van der Waals surface area (Å²) < 4.78 is 2.11. The molecule has 1 aliphatic heterocycles. The highest BCUT2D eigenvalue weighted by molar-refractivity contribution is 6.32. The van der Waals surface area contributed by atoms with Crippen LogP contribution in [-0.4, -0.2) is 37.8 Å². The van der Waals surface area contributed by atoms with Gasteiger partial charge in [-0.3, -0.25) is 0 Å². The molecule has 7 heteroatoms. The van der Waals surface area contributed by atoms with E-state index in [2.05, 4.69) is 36.6 Å². The molecular weight excluding hydrogens is 276 g/mol. The summed E-state index contributed by atoms with van der Waals surface area (Å²) in [5.74, 6) is 2.24. The average molecular weight is 293 g/mol. The van der Waals surface area contributed by atoms with Crippen molar-refractivity contribution in [3.05, 3.63) is 29.7 Å². The first kappa shape index (κ1) is 13.3. The largest absolute Gasteiger partial charge is 0.355 e. The maximum Gasteiger partial charge on any atom is 0.150 e. The third-order valence-electron chi connectivity index (χ3n) is 3.72. The molecule has 2 aromatic rings. The molecule has 0 bridgehead atoms. The van der Waals surface area contributed by atoms with Crippen LogP contribution >= 0.6 is 11.6 Å². The van der Waals surface area contributed by atoms with Gasteiger partial charge in [-0.2, -0.15) is 0 Å². The third-order valence-corrected chi connectivity index (χ3v) is 3.99. The van der Waals surface area contributed by atoms with Gasteiger partial charge in [-0.05, 0) is 19.8 Å². The van der Waals surface area contributed by atoms with Crippen LogP contribution in [0.2, 0.25) is 5.02 Å². The van der Waals surface area contributed by atoms with Gasteiger partial charge in [-0.25, -0.2) is 9.97 Å². The Morgan fingerprint density at radius 2 is 2.35 bits per heavy atom. The highest BCUT2D eigenvalue weighted by Gasteiger charge is 2.26. The first-order valence-corrected chi connectivity index (χ1v) is 7.25. The number of anilines is 1. The number of aryl methyl sites for hydroxylation is 1. The van der Waals surface area contributed by atoms with Crippen LogP contribution in [0.3, 0.4) is 0 Å². The Morgan fingerprint density at radius 3 is 3.15 bits per heavy atom. The number of piperidine rings is 1. The molecule has 6 nitrogen and oxygen atoms in total. The van der Waals surface area contributed by atoms with Gasteiger partial charge >= 0.3 is 0 Å². The minimum absolute atomic E-state index is 0.372. The van der Waals surface area contributed by atoms with Crippen LogP contribution in [0.4, 0.5) is 5.82 Å². The van der Waals surface area contributed by atoms with Crippen molar-refractivity contribution in [2.75, 3.05) is 18.0 Å². The smallest absolute Gasteiger partial charge is 0.150 e. The maximum absolute atomic E-state index is 6.19. The summed E-state index contributed by atoms with van der Waals surface area (Å²) in [5.41, 5.74) is 0. The molecule has 1 aliphatic rings. The summed E-state index contributed by atoms with van der Waals surface area (Å²) in [5, 5.41) is 8.91. The lowest BCUT2D eigenvalue weighted by molar-refractivity contribution is 0.471. The molecule has 0 saturated carbocycles. The van der Waals surface area contributed by atoms with Crippen LogP contribution in [0.1, 0.15) is 31.5 Å². The van der Waals surface area contributed by atoms with Crippen molar-refractivity contribution in [1.29, 1.82) is 0 Å². The monoisotopic (exact) mass is 292 g/mol. The minimum atomic E-state index is 0.372. The summed E-state index contributed by atoms with van der Waals surface area (Å²) in [6.07, 6.45) is 7.20. The first-order chi connectivity index (χ1) is 9.79. The Balaban J connectivity index is 1.82. The van der Waals surface area contributed by atoms with E-state index in [1.54, 1.807) is 18.9 Å². The second-order valence-electron chi connectivity index (χ2n) is 4.95. The van der Waals surface area contributed by atoms with Crippen LogP contribution in [0, 0.1) is 0 Å². The summed E-state index contributed by atoms with van der Waals surface area (Å²) in [6, 6.07) is 0. The Morgan fingerprint density at radius 1 is 1.45 bits per heavy atom. The van der Waals surface area contributed by atoms with Gasteiger partial charge < -0.3 is 9.47 Å². The molecule has 0 aromatic carbocycles. The zero-order chi connectivity index (χ0) is 13.9. The Kier molecular flexibility index (Phi) is 3.82. The second-order valence-corrected chi connectivity index (χ2v) is 5.36. The summed E-state index contributed by atoms with van der Waals surface area (Å²) in [4.78, 5) is 10.5. The van der Waals surface area contributed by atoms with Crippen molar-refractivity contribution in [3.8, 4) is 0 Å². The van der Waals surface area contributed by atoms with Gasteiger partial charge in [0.15, 0.2) is 5.82 Å². The van der Waals surface area contributed by atoms with Gasteiger partial charge in [-0.15, -0.1) is 10.2 Å². The fourth-order valence-corrected chi connectivity index (χ4v) is 2.97. The SMILES string of the molecule is CCn1cnnc1C1CCCN(c2ncncc2Cl)C1. The van der Waals surface area contributed by atoms with Crippen LogP contribution in [0.5, 0.6) is 0 Å². The lowest BCUT2D eigenvalue weighted by Gasteiger charge is -2.33. The molecule has 106 valence electrons. The quantitative estimate of drug-likeness (QED) is 0.867. The van der Waals surface area contributed by atoms with Crippen LogP contribution in [-0.2, 0) is 6.54 Å². The number of hydrogen-bond acceptors (Lipinski definition) is 5. The molecule has 20 heavy (non-hydrogen) atoms. The van der Waals surface area contributed by atoms with Gasteiger partial charge in [0, 0.05) is 25.6 Å². The Bertz CT molecular complexity index is 584. The molecule has 3 heterocycles. The zero-order valence-corrected chi connectivity index (χ0v) is 12.2. The first-order valence-electron chi connectivity index (χ1n) is 6.87. The van der Waals surface area contributed by atoms with Crippen LogP contribution in [0.15, 0.2) is 18.9 Å². The molecule has 1 fully saturated rings. The van der Waals surface area contributed by atoms with Gasteiger partial charge in [0.1, 0.15) is 23.5 Å². The number of halogens is 1. The maximum atomic E-state index is 6.19. The lowest BCUT2D eigenvalue weighted by Crippen LogP contribution is -2.36. The van der Waals surface area contributed by atoms with Crippen molar-refractivity contribution in [2.24, 2.45) is 0 Å². The van der Waals surface area contributed by atoms with E-state index in [1.807, 2.05) is 0 Å². The fraction of sp³-hybridized carbons (Fsp3) is 0.538. The van der Waals surface area contributed by atoms with Gasteiger partial charge in [0.25, 0.3) is 0 Å². The van der Waals surface area contributed by atoms with E-state index in [0.29, 0.717) is 10.9 Å². The average Bonchev–Trinajstić information content (AvgIpc) is 2.96. The molecule has 1 unspecified atom stereocenters. The topological polar surface area (TPSA) is 59.7 Å². The van der Waals surface area contributed by atoms with Gasteiger partial charge in [0.05, 0.1) is 6.20 Å². The second kappa shape index (κ2) is 5.75. The molecule has 1 saturated heterocycles. The summed E-state index contributed by atoms with van der Waals surface area (Å²) in [6.45, 7) is 4.84. The molecule has 0 spiro atoms. The molecule has 1 atom stereocenters. The van der Waals surface area contributed by atoms with E-state index in [0.717, 1.165) is 44.1 Å². The molecule has 0 amide bonds. The van der Waals surface area contributed by atoms with E-state index >= 15 is 0 Å². The van der Waals surface area contributed by atoms with E-state index in [4.69, 9.17) is 11.6 Å². The van der Waals surface area contributed by atoms with E-state index < -0.39 is 0 Å². The highest BCUT2D eigenvalue weighted by atomic mass is 35.5. The molecule has 3 rings (SSSR count). The van der Waals surface area contributed by atoms with Crippen molar-refractivity contribution >= 4 is 17.4 Å². The molecule has 0 N–H and O–H groups in total. The molecule has 2 aromatic heterocycles. The number of rotatable bonds is 3. The van der Waals surface area contributed by atoms with Crippen LogP contribution < -0.4 is 4.90 Å². The van der Waals surface area contributed by atoms with Gasteiger partial charge in [0.2, 0.25) is 0 Å². The predicted octanol–water partition coefficient (Wildman–Crippen LogP) is 2.13. The van der Waals surface area contributed by atoms with Crippen molar-refractivity contribution < 1.29 is 0 Å². The number of aromatic nitrogens is 5. The lowest BCUT2D eigenvalue weighted by atomic mass is 9.97. The molecule has 0 aliphatic carbocycles. The van der Waals surface area contributed by atoms with E-state index in [-0.39, 0.29) is 0 Å². The third kappa shape index (κ3) is 2.47. The van der Waals surface area contributed by atoms with Crippen molar-refractivity contribution in [3.63, 3.8) is 0 Å². The fourth-order valence-electron chi connectivity index (χ4n) is 2.74. The number of nitrogens with zero attached hydrogens (tertiary/aromatic N) is 6. The normalized spacial score (nSPS) is 19.3. The predicted molar refractivity (Wildman–Crippen MR) is 76.9 cm³/mol. The Labute approximate surface area is 122 Å². The molecule has 0 radical (unpaired) electrons. The number of hydrogen-bond donors (Lipinski definition) is 0. The summed E-state index contributed by atoms with van der Waals surface area (Å²) in [7, 11) is 0. The zero-order valence-electron chi connectivity index (χ0n) is 11.4. The van der Waals surface area contributed by atoms with E-state index in [9.17, 15) is 0 Å². The van der Waals surface area contributed by atoms with Gasteiger partial charge in [-0.1, -0.05) is 11.6 Å². The van der Waals surface area contributed by atoms with Crippen molar-refractivity contribution in [1.82, 2.24) is 24.7 Å². The molecular formula is C13H17ClN6.